The van der Waals surface area contributed by atoms with Gasteiger partial charge in [0.1, 0.15) is 5.69 Å². The van der Waals surface area contributed by atoms with E-state index in [9.17, 15) is 4.79 Å². The van der Waals surface area contributed by atoms with E-state index in [1.165, 1.54) is 12.8 Å². The Bertz CT molecular complexity index is 463. The number of likely N-dealkylation sites (N-methyl/N-ethyl adjacent to an activating group) is 1. The molecule has 1 aromatic rings. The van der Waals surface area contributed by atoms with Crippen molar-refractivity contribution in [3.63, 3.8) is 0 Å². The molecule has 1 amide bonds. The number of nitrogens with one attached hydrogen (secondary N) is 2. The molecule has 0 radical (unpaired) electrons. The highest BCUT2D eigenvalue weighted by atomic mass is 16.1. The molecule has 0 aliphatic carbocycles. The number of anilines is 1. The van der Waals surface area contributed by atoms with Gasteiger partial charge in [-0.1, -0.05) is 13.3 Å². The Kier molecular flexibility index (Phi) is 5.99. The summed E-state index contributed by atoms with van der Waals surface area (Å²) in [5.74, 6) is -0.0888. The maximum Gasteiger partial charge on any atom is 0.270 e. The monoisotopic (exact) mass is 290 g/mol. The molecule has 116 valence electrons. The van der Waals surface area contributed by atoms with Crippen LogP contribution in [-0.4, -0.2) is 48.5 Å². The van der Waals surface area contributed by atoms with Gasteiger partial charge < -0.3 is 15.5 Å². The van der Waals surface area contributed by atoms with E-state index in [0.717, 1.165) is 31.6 Å². The van der Waals surface area contributed by atoms with Gasteiger partial charge >= 0.3 is 0 Å². The molecule has 1 aromatic heterocycles. The van der Waals surface area contributed by atoms with E-state index in [1.54, 1.807) is 6.20 Å². The lowest BCUT2D eigenvalue weighted by atomic mass is 10.0. The van der Waals surface area contributed by atoms with Crippen molar-refractivity contribution in [2.24, 2.45) is 0 Å². The highest BCUT2D eigenvalue weighted by Gasteiger charge is 2.19. The van der Waals surface area contributed by atoms with Gasteiger partial charge in [0.2, 0.25) is 0 Å². The molecule has 1 atom stereocenters. The van der Waals surface area contributed by atoms with Crippen LogP contribution in [0.15, 0.2) is 18.3 Å². The Balaban J connectivity index is 1.87. The van der Waals surface area contributed by atoms with E-state index >= 15 is 0 Å². The number of piperidine rings is 1. The summed E-state index contributed by atoms with van der Waals surface area (Å²) in [6, 6.07) is 4.15. The highest BCUT2D eigenvalue weighted by Crippen LogP contribution is 2.14. The predicted octanol–water partition coefficient (Wildman–Crippen LogP) is 2.12. The van der Waals surface area contributed by atoms with Crippen LogP contribution in [-0.2, 0) is 0 Å². The summed E-state index contributed by atoms with van der Waals surface area (Å²) < 4.78 is 0. The number of carbonyl (C=O) groups excluding carboxylic acids is 1. The minimum absolute atomic E-state index is 0.0888. The molecule has 0 saturated carbocycles. The van der Waals surface area contributed by atoms with Gasteiger partial charge in [0, 0.05) is 31.0 Å². The Morgan fingerprint density at radius 1 is 1.48 bits per heavy atom. The Hall–Kier alpha value is -1.62. The van der Waals surface area contributed by atoms with Crippen molar-refractivity contribution in [3.8, 4) is 0 Å². The molecule has 1 fully saturated rings. The number of nitrogens with zero attached hydrogens (tertiary/aromatic N) is 2. The number of aromatic nitrogens is 1. The molecule has 21 heavy (non-hydrogen) atoms. The summed E-state index contributed by atoms with van der Waals surface area (Å²) in [5.41, 5.74) is 1.43. The quantitative estimate of drug-likeness (QED) is 0.842. The molecular weight excluding hydrogens is 264 g/mol. The third-order valence-corrected chi connectivity index (χ3v) is 3.99. The Morgan fingerprint density at radius 3 is 3.10 bits per heavy atom. The van der Waals surface area contributed by atoms with E-state index in [4.69, 9.17) is 0 Å². The Morgan fingerprint density at radius 2 is 2.33 bits per heavy atom. The molecule has 2 heterocycles. The van der Waals surface area contributed by atoms with Gasteiger partial charge in [0.25, 0.3) is 5.91 Å². The third kappa shape index (κ3) is 4.70. The smallest absolute Gasteiger partial charge is 0.270 e. The first kappa shape index (κ1) is 15.8. The molecule has 1 saturated heterocycles. The van der Waals surface area contributed by atoms with Crippen LogP contribution in [0.25, 0.3) is 0 Å². The van der Waals surface area contributed by atoms with E-state index in [2.05, 4.69) is 34.5 Å². The molecule has 5 heteroatoms. The summed E-state index contributed by atoms with van der Waals surface area (Å²) in [4.78, 5) is 18.7. The van der Waals surface area contributed by atoms with Crippen LogP contribution in [0.4, 0.5) is 5.69 Å². The summed E-state index contributed by atoms with van der Waals surface area (Å²) in [7, 11) is 2.13. The number of carbonyl (C=O) groups is 1. The first-order valence-corrected chi connectivity index (χ1v) is 7.89. The summed E-state index contributed by atoms with van der Waals surface area (Å²) in [6.07, 6.45) is 6.40. The van der Waals surface area contributed by atoms with Crippen LogP contribution < -0.4 is 10.6 Å². The molecule has 1 aliphatic rings. The predicted molar refractivity (Wildman–Crippen MR) is 85.6 cm³/mol. The summed E-state index contributed by atoms with van der Waals surface area (Å²) in [6.45, 7) is 4.83. The maximum atomic E-state index is 12.2. The minimum atomic E-state index is -0.0888. The second-order valence-electron chi connectivity index (χ2n) is 5.70. The average Bonchev–Trinajstić information content (AvgIpc) is 2.52. The first-order chi connectivity index (χ1) is 10.2. The van der Waals surface area contributed by atoms with Crippen molar-refractivity contribution in [3.05, 3.63) is 24.0 Å². The maximum absolute atomic E-state index is 12.2. The Labute approximate surface area is 127 Å². The van der Waals surface area contributed by atoms with Gasteiger partial charge in [-0.3, -0.25) is 9.78 Å². The van der Waals surface area contributed by atoms with Crippen molar-refractivity contribution in [1.82, 2.24) is 15.2 Å². The zero-order valence-corrected chi connectivity index (χ0v) is 13.1. The fourth-order valence-electron chi connectivity index (χ4n) is 2.64. The highest BCUT2D eigenvalue weighted by molar-refractivity contribution is 5.93. The summed E-state index contributed by atoms with van der Waals surface area (Å²) in [5, 5.41) is 6.29. The van der Waals surface area contributed by atoms with Crippen molar-refractivity contribution < 1.29 is 4.79 Å². The zero-order valence-electron chi connectivity index (χ0n) is 13.1. The summed E-state index contributed by atoms with van der Waals surface area (Å²) >= 11 is 0. The van der Waals surface area contributed by atoms with Crippen molar-refractivity contribution in [1.29, 1.82) is 0 Å². The first-order valence-electron chi connectivity index (χ1n) is 7.89. The molecule has 0 spiro atoms. The van der Waals surface area contributed by atoms with Gasteiger partial charge in [-0.25, -0.2) is 0 Å². The van der Waals surface area contributed by atoms with Crippen LogP contribution in [0.5, 0.6) is 0 Å². The van der Waals surface area contributed by atoms with Crippen molar-refractivity contribution >= 4 is 11.6 Å². The normalized spacial score (nSPS) is 19.2. The number of hydrogen-bond acceptors (Lipinski definition) is 4. The van der Waals surface area contributed by atoms with Crippen LogP contribution in [0, 0.1) is 0 Å². The van der Waals surface area contributed by atoms with E-state index in [-0.39, 0.29) is 5.91 Å². The third-order valence-electron chi connectivity index (χ3n) is 3.99. The van der Waals surface area contributed by atoms with E-state index in [0.29, 0.717) is 18.3 Å². The van der Waals surface area contributed by atoms with Crippen LogP contribution in [0.2, 0.25) is 0 Å². The fourth-order valence-corrected chi connectivity index (χ4v) is 2.64. The van der Waals surface area contributed by atoms with Crippen LogP contribution in [0.3, 0.4) is 0 Å². The van der Waals surface area contributed by atoms with E-state index in [1.807, 2.05) is 12.1 Å². The number of rotatable bonds is 6. The number of hydrogen-bond donors (Lipinski definition) is 2. The number of likely N-dealkylation sites (tertiary alicyclic amines) is 1. The van der Waals surface area contributed by atoms with E-state index < -0.39 is 0 Å². The van der Waals surface area contributed by atoms with Crippen LogP contribution >= 0.6 is 0 Å². The van der Waals surface area contributed by atoms with Gasteiger partial charge in [-0.05, 0) is 45.0 Å². The second-order valence-corrected chi connectivity index (χ2v) is 5.70. The lowest BCUT2D eigenvalue weighted by Gasteiger charge is -2.32. The van der Waals surface area contributed by atoms with Gasteiger partial charge in [0.05, 0.1) is 0 Å². The average molecular weight is 290 g/mol. The molecular formula is C16H26N4O. The molecule has 5 nitrogen and oxygen atoms in total. The fraction of sp³-hybridized carbons (Fsp3) is 0.625. The zero-order chi connectivity index (χ0) is 15.1. The second kappa shape index (κ2) is 7.98. The largest absolute Gasteiger partial charge is 0.385 e. The van der Waals surface area contributed by atoms with Crippen molar-refractivity contribution in [2.75, 3.05) is 32.0 Å². The lowest BCUT2D eigenvalue weighted by molar-refractivity contribution is 0.0923. The molecule has 0 aromatic carbocycles. The van der Waals surface area contributed by atoms with Crippen molar-refractivity contribution in [2.45, 2.75) is 38.6 Å². The van der Waals surface area contributed by atoms with Gasteiger partial charge in [-0.15, -0.1) is 0 Å². The molecule has 2 N–H and O–H groups in total. The van der Waals surface area contributed by atoms with Crippen LogP contribution in [0.1, 0.15) is 43.1 Å². The molecule has 1 aliphatic heterocycles. The number of pyridine rings is 1. The lowest BCUT2D eigenvalue weighted by Crippen LogP contribution is -2.44. The number of amides is 1. The minimum Gasteiger partial charge on any atom is -0.385 e. The molecule has 2 rings (SSSR count). The molecule has 1 unspecified atom stereocenters. The van der Waals surface area contributed by atoms with Gasteiger partial charge in [-0.2, -0.15) is 0 Å². The topological polar surface area (TPSA) is 57.3 Å². The SMILES string of the molecule is CCCNc1ccnc(C(=O)NCC2CCCCN2C)c1. The molecule has 0 bridgehead atoms. The van der Waals surface area contributed by atoms with Gasteiger partial charge in [0.15, 0.2) is 0 Å². The standard InChI is InChI=1S/C16H26N4O/c1-3-8-17-13-7-9-18-15(11-13)16(21)19-12-14-6-4-5-10-20(14)2/h7,9,11,14H,3-6,8,10,12H2,1-2H3,(H,17,18)(H,19,21).